The number of rotatable bonds is 7. The van der Waals surface area contributed by atoms with Crippen molar-refractivity contribution in [3.8, 4) is 0 Å². The van der Waals surface area contributed by atoms with Crippen molar-refractivity contribution in [2.24, 2.45) is 0 Å². The van der Waals surface area contributed by atoms with Crippen molar-refractivity contribution in [2.45, 2.75) is 12.8 Å². The fourth-order valence-electron chi connectivity index (χ4n) is 2.40. The number of hydrogen-bond acceptors (Lipinski definition) is 5. The standard InChI is InChI=1S/C14H22N2O2S/c17-11-10-16-8-6-15(7-9-16)5-1-3-13(18)14-4-2-12-19-14/h2,4,12,17H,1,3,5-11H2. The third-order valence-electron chi connectivity index (χ3n) is 3.56. The Morgan fingerprint density at radius 2 is 1.89 bits per heavy atom. The van der Waals surface area contributed by atoms with Crippen LogP contribution in [0.5, 0.6) is 0 Å². The summed E-state index contributed by atoms with van der Waals surface area (Å²) in [6, 6.07) is 3.83. The Bertz CT molecular complexity index is 373. The average Bonchev–Trinajstić information content (AvgIpc) is 2.95. The molecule has 0 bridgehead atoms. The molecule has 0 aromatic carbocycles. The summed E-state index contributed by atoms with van der Waals surface area (Å²) in [5.41, 5.74) is 0. The Morgan fingerprint density at radius 3 is 2.47 bits per heavy atom. The SMILES string of the molecule is O=C(CCCN1CCN(CCO)CC1)c1cccs1. The van der Waals surface area contributed by atoms with E-state index in [1.807, 2.05) is 17.5 Å². The molecule has 1 aliphatic heterocycles. The first-order valence-corrected chi connectivity index (χ1v) is 7.80. The summed E-state index contributed by atoms with van der Waals surface area (Å²) in [6.07, 6.45) is 1.59. The Kier molecular flexibility index (Phi) is 5.97. The first-order chi connectivity index (χ1) is 9.29. The summed E-state index contributed by atoms with van der Waals surface area (Å²) in [5.74, 6) is 0.272. The summed E-state index contributed by atoms with van der Waals surface area (Å²) >= 11 is 1.53. The van der Waals surface area contributed by atoms with Gasteiger partial charge in [0.25, 0.3) is 0 Å². The number of nitrogens with zero attached hydrogens (tertiary/aromatic N) is 2. The predicted molar refractivity (Wildman–Crippen MR) is 77.8 cm³/mol. The largest absolute Gasteiger partial charge is 0.395 e. The van der Waals surface area contributed by atoms with Gasteiger partial charge in [-0.15, -0.1) is 11.3 Å². The summed E-state index contributed by atoms with van der Waals surface area (Å²) in [6.45, 7) is 6.18. The summed E-state index contributed by atoms with van der Waals surface area (Å²) in [4.78, 5) is 17.4. The third-order valence-corrected chi connectivity index (χ3v) is 4.47. The molecule has 0 spiro atoms. The van der Waals surface area contributed by atoms with E-state index >= 15 is 0 Å². The molecule has 0 radical (unpaired) electrons. The number of carbonyl (C=O) groups is 1. The number of piperazine rings is 1. The molecule has 4 nitrogen and oxygen atoms in total. The Labute approximate surface area is 118 Å². The second-order valence-corrected chi connectivity index (χ2v) is 5.86. The van der Waals surface area contributed by atoms with E-state index in [2.05, 4.69) is 9.80 Å². The lowest BCUT2D eigenvalue weighted by atomic mass is 10.2. The molecule has 0 amide bonds. The number of thiophene rings is 1. The highest BCUT2D eigenvalue weighted by molar-refractivity contribution is 7.12. The van der Waals surface area contributed by atoms with Crippen LogP contribution in [-0.2, 0) is 0 Å². The molecule has 1 aromatic heterocycles. The molecule has 2 heterocycles. The number of ketones is 1. The quantitative estimate of drug-likeness (QED) is 0.766. The molecular formula is C14H22N2O2S. The zero-order chi connectivity index (χ0) is 13.5. The molecule has 0 aliphatic carbocycles. The maximum Gasteiger partial charge on any atom is 0.172 e. The van der Waals surface area contributed by atoms with Crippen molar-refractivity contribution in [3.63, 3.8) is 0 Å². The van der Waals surface area contributed by atoms with E-state index in [1.165, 1.54) is 11.3 Å². The Hall–Kier alpha value is -0.750. The fraction of sp³-hybridized carbons (Fsp3) is 0.643. The highest BCUT2D eigenvalue weighted by Crippen LogP contribution is 2.12. The van der Waals surface area contributed by atoms with Crippen LogP contribution in [-0.4, -0.2) is 66.6 Å². The number of aliphatic hydroxyl groups excluding tert-OH is 1. The lowest BCUT2D eigenvalue weighted by Gasteiger charge is -2.34. The normalized spacial score (nSPS) is 17.7. The van der Waals surface area contributed by atoms with Gasteiger partial charge in [-0.2, -0.15) is 0 Å². The van der Waals surface area contributed by atoms with Gasteiger partial charge in [0.15, 0.2) is 5.78 Å². The number of aliphatic hydroxyl groups is 1. The monoisotopic (exact) mass is 282 g/mol. The second-order valence-electron chi connectivity index (χ2n) is 4.91. The fourth-order valence-corrected chi connectivity index (χ4v) is 3.10. The molecular weight excluding hydrogens is 260 g/mol. The van der Waals surface area contributed by atoms with E-state index in [-0.39, 0.29) is 12.4 Å². The lowest BCUT2D eigenvalue weighted by Crippen LogP contribution is -2.47. The lowest BCUT2D eigenvalue weighted by molar-refractivity contribution is 0.0952. The van der Waals surface area contributed by atoms with Crippen LogP contribution in [0, 0.1) is 0 Å². The van der Waals surface area contributed by atoms with Gasteiger partial charge in [0.2, 0.25) is 0 Å². The molecule has 0 unspecified atom stereocenters. The van der Waals surface area contributed by atoms with Gasteiger partial charge >= 0.3 is 0 Å². The zero-order valence-corrected chi connectivity index (χ0v) is 12.1. The molecule has 0 atom stereocenters. The van der Waals surface area contributed by atoms with Gasteiger partial charge in [0.1, 0.15) is 0 Å². The molecule has 2 rings (SSSR count). The Morgan fingerprint density at radius 1 is 1.21 bits per heavy atom. The van der Waals surface area contributed by atoms with Crippen molar-refractivity contribution in [1.29, 1.82) is 0 Å². The molecule has 1 fully saturated rings. The number of carbonyl (C=O) groups excluding carboxylic acids is 1. The molecule has 1 N–H and O–H groups in total. The number of Topliss-reactive ketones (excluding diaryl/α,β-unsaturated/α-hetero) is 1. The van der Waals surface area contributed by atoms with Gasteiger partial charge in [-0.05, 0) is 24.4 Å². The molecule has 1 aliphatic rings. The number of hydrogen-bond donors (Lipinski definition) is 1. The Balaban J connectivity index is 1.61. The molecule has 106 valence electrons. The minimum Gasteiger partial charge on any atom is -0.395 e. The summed E-state index contributed by atoms with van der Waals surface area (Å²) < 4.78 is 0. The van der Waals surface area contributed by atoms with E-state index < -0.39 is 0 Å². The van der Waals surface area contributed by atoms with Crippen LogP contribution in [0.1, 0.15) is 22.5 Å². The van der Waals surface area contributed by atoms with Gasteiger partial charge in [0, 0.05) is 39.1 Å². The highest BCUT2D eigenvalue weighted by atomic mass is 32.1. The van der Waals surface area contributed by atoms with Crippen molar-refractivity contribution in [3.05, 3.63) is 22.4 Å². The molecule has 5 heteroatoms. The maximum atomic E-state index is 11.8. The van der Waals surface area contributed by atoms with Gasteiger partial charge < -0.3 is 10.0 Å². The number of β-amino-alcohol motifs (C(OH)–C–C–N with tert-alkyl or cyclic N) is 1. The minimum atomic E-state index is 0.245. The van der Waals surface area contributed by atoms with Crippen molar-refractivity contribution < 1.29 is 9.90 Å². The highest BCUT2D eigenvalue weighted by Gasteiger charge is 2.16. The van der Waals surface area contributed by atoms with Crippen molar-refractivity contribution in [1.82, 2.24) is 9.80 Å². The second kappa shape index (κ2) is 7.75. The predicted octanol–water partition coefficient (Wildman–Crippen LogP) is 1.32. The van der Waals surface area contributed by atoms with Crippen molar-refractivity contribution >= 4 is 17.1 Å². The van der Waals surface area contributed by atoms with E-state index in [0.717, 1.165) is 50.6 Å². The zero-order valence-electron chi connectivity index (χ0n) is 11.3. The van der Waals surface area contributed by atoms with Gasteiger partial charge in [-0.25, -0.2) is 0 Å². The van der Waals surface area contributed by atoms with Crippen LogP contribution in [0.4, 0.5) is 0 Å². The van der Waals surface area contributed by atoms with Crippen molar-refractivity contribution in [2.75, 3.05) is 45.9 Å². The molecule has 19 heavy (non-hydrogen) atoms. The van der Waals surface area contributed by atoms with Crippen LogP contribution < -0.4 is 0 Å². The van der Waals surface area contributed by atoms with Crippen LogP contribution in [0.25, 0.3) is 0 Å². The van der Waals surface area contributed by atoms with Crippen LogP contribution >= 0.6 is 11.3 Å². The van der Waals surface area contributed by atoms with Gasteiger partial charge in [-0.3, -0.25) is 9.69 Å². The van der Waals surface area contributed by atoms with Crippen LogP contribution in [0.2, 0.25) is 0 Å². The van der Waals surface area contributed by atoms with E-state index in [9.17, 15) is 4.79 Å². The molecule has 1 aromatic rings. The first-order valence-electron chi connectivity index (χ1n) is 6.92. The third kappa shape index (κ3) is 4.69. The first kappa shape index (κ1) is 14.7. The van der Waals surface area contributed by atoms with Crippen LogP contribution in [0.15, 0.2) is 17.5 Å². The van der Waals surface area contributed by atoms with E-state index in [0.29, 0.717) is 6.42 Å². The maximum absolute atomic E-state index is 11.8. The van der Waals surface area contributed by atoms with E-state index in [4.69, 9.17) is 5.11 Å². The topological polar surface area (TPSA) is 43.8 Å². The molecule has 1 saturated heterocycles. The van der Waals surface area contributed by atoms with E-state index in [1.54, 1.807) is 0 Å². The smallest absolute Gasteiger partial charge is 0.172 e. The minimum absolute atomic E-state index is 0.245. The summed E-state index contributed by atoms with van der Waals surface area (Å²) in [7, 11) is 0. The molecule has 0 saturated carbocycles. The average molecular weight is 282 g/mol. The van der Waals surface area contributed by atoms with Gasteiger partial charge in [0.05, 0.1) is 11.5 Å². The van der Waals surface area contributed by atoms with Gasteiger partial charge in [-0.1, -0.05) is 6.07 Å². The van der Waals surface area contributed by atoms with Crippen LogP contribution in [0.3, 0.4) is 0 Å². The summed E-state index contributed by atoms with van der Waals surface area (Å²) in [5, 5.41) is 10.8.